The van der Waals surface area contributed by atoms with Crippen molar-refractivity contribution in [3.8, 4) is 5.75 Å². The summed E-state index contributed by atoms with van der Waals surface area (Å²) in [6.07, 6.45) is 3.46. The number of carbonyl (C=O) groups is 1. The third-order valence-electron chi connectivity index (χ3n) is 4.08. The molecule has 0 aliphatic heterocycles. The Bertz CT molecular complexity index is 459. The van der Waals surface area contributed by atoms with Crippen LogP contribution in [-0.2, 0) is 4.79 Å². The third kappa shape index (κ3) is 5.05. The van der Waals surface area contributed by atoms with E-state index in [1.165, 1.54) is 11.1 Å². The molecule has 1 aliphatic rings. The highest BCUT2D eigenvalue weighted by Gasteiger charge is 2.25. The second kappa shape index (κ2) is 7.46. The highest BCUT2D eigenvalue weighted by Crippen LogP contribution is 2.24. The molecule has 1 aliphatic carbocycles. The predicted molar refractivity (Wildman–Crippen MR) is 82.8 cm³/mol. The van der Waals surface area contributed by atoms with E-state index in [4.69, 9.17) is 9.84 Å². The van der Waals surface area contributed by atoms with Crippen molar-refractivity contribution in [1.29, 1.82) is 0 Å². The number of carboxylic acids is 1. The second-order valence-corrected chi connectivity index (χ2v) is 6.01. The Labute approximate surface area is 126 Å². The Morgan fingerprint density at radius 3 is 2.38 bits per heavy atom. The van der Waals surface area contributed by atoms with E-state index in [1.807, 2.05) is 12.1 Å². The van der Waals surface area contributed by atoms with E-state index >= 15 is 0 Å². The summed E-state index contributed by atoms with van der Waals surface area (Å²) in [5, 5.41) is 12.4. The van der Waals surface area contributed by atoms with Crippen LogP contribution >= 0.6 is 0 Å². The van der Waals surface area contributed by atoms with Gasteiger partial charge in [-0.2, -0.15) is 0 Å². The molecule has 1 saturated carbocycles. The minimum Gasteiger partial charge on any atom is -0.492 e. The number of hydrogen-bond donors (Lipinski definition) is 2. The number of ether oxygens (including phenoxy) is 1. The van der Waals surface area contributed by atoms with Crippen molar-refractivity contribution >= 4 is 5.97 Å². The van der Waals surface area contributed by atoms with Gasteiger partial charge in [0.2, 0.25) is 0 Å². The van der Waals surface area contributed by atoms with Gasteiger partial charge >= 0.3 is 5.97 Å². The molecule has 2 N–H and O–H groups in total. The topological polar surface area (TPSA) is 58.6 Å². The van der Waals surface area contributed by atoms with Crippen LogP contribution in [0.3, 0.4) is 0 Å². The first-order chi connectivity index (χ1) is 10.0. The zero-order chi connectivity index (χ0) is 15.2. The molecular weight excluding hydrogens is 266 g/mol. The van der Waals surface area contributed by atoms with Crippen LogP contribution in [-0.4, -0.2) is 30.3 Å². The average molecular weight is 291 g/mol. The maximum atomic E-state index is 10.9. The fraction of sp³-hybridized carbons (Fsp3) is 0.588. The minimum absolute atomic E-state index is 0.144. The summed E-state index contributed by atoms with van der Waals surface area (Å²) in [4.78, 5) is 10.9. The number of aliphatic carboxylic acids is 1. The molecule has 1 aromatic rings. The molecule has 0 saturated heterocycles. The monoisotopic (exact) mass is 291 g/mol. The number of nitrogens with one attached hydrogen (secondary N) is 1. The van der Waals surface area contributed by atoms with Crippen molar-refractivity contribution in [2.24, 2.45) is 5.92 Å². The van der Waals surface area contributed by atoms with Crippen molar-refractivity contribution in [3.05, 3.63) is 29.3 Å². The van der Waals surface area contributed by atoms with Gasteiger partial charge in [0.05, 0.1) is 5.92 Å². The van der Waals surface area contributed by atoms with E-state index in [2.05, 4.69) is 25.2 Å². The van der Waals surface area contributed by atoms with E-state index in [9.17, 15) is 4.79 Å². The smallest absolute Gasteiger partial charge is 0.306 e. The standard InChI is InChI=1S/C17H25NO3/c1-12-9-13(2)11-16(10-12)21-8-7-18-15-5-3-14(4-6-15)17(19)20/h9-11,14-15,18H,3-8H2,1-2H3,(H,19,20). The van der Waals surface area contributed by atoms with Gasteiger partial charge in [0.15, 0.2) is 0 Å². The predicted octanol–water partition coefficient (Wildman–Crippen LogP) is 2.92. The van der Waals surface area contributed by atoms with Gasteiger partial charge in [-0.3, -0.25) is 4.79 Å². The van der Waals surface area contributed by atoms with E-state index in [1.54, 1.807) is 0 Å². The fourth-order valence-electron chi connectivity index (χ4n) is 2.99. The van der Waals surface area contributed by atoms with Crippen LogP contribution in [0.25, 0.3) is 0 Å². The van der Waals surface area contributed by atoms with Crippen LogP contribution in [0.2, 0.25) is 0 Å². The molecule has 1 aromatic carbocycles. The summed E-state index contributed by atoms with van der Waals surface area (Å²) in [6.45, 7) is 5.58. The molecule has 116 valence electrons. The molecule has 0 aromatic heterocycles. The average Bonchev–Trinajstić information content (AvgIpc) is 2.43. The van der Waals surface area contributed by atoms with Gasteiger partial charge in [-0.1, -0.05) is 6.07 Å². The maximum absolute atomic E-state index is 10.9. The Hall–Kier alpha value is -1.55. The first-order valence-electron chi connectivity index (χ1n) is 7.72. The molecule has 0 unspecified atom stereocenters. The quantitative estimate of drug-likeness (QED) is 0.791. The summed E-state index contributed by atoms with van der Waals surface area (Å²) >= 11 is 0. The summed E-state index contributed by atoms with van der Waals surface area (Å²) in [7, 11) is 0. The number of benzene rings is 1. The lowest BCUT2D eigenvalue weighted by molar-refractivity contribution is -0.142. The van der Waals surface area contributed by atoms with E-state index < -0.39 is 5.97 Å². The highest BCUT2D eigenvalue weighted by atomic mass is 16.5. The summed E-state index contributed by atoms with van der Waals surface area (Å²) in [6, 6.07) is 6.66. The minimum atomic E-state index is -0.647. The van der Waals surface area contributed by atoms with Gasteiger partial charge in [0, 0.05) is 12.6 Å². The molecule has 0 atom stereocenters. The molecular formula is C17H25NO3. The highest BCUT2D eigenvalue weighted by molar-refractivity contribution is 5.70. The first kappa shape index (κ1) is 15.8. The third-order valence-corrected chi connectivity index (χ3v) is 4.08. The molecule has 1 fully saturated rings. The van der Waals surface area contributed by atoms with Gasteiger partial charge in [0.1, 0.15) is 12.4 Å². The lowest BCUT2D eigenvalue weighted by Gasteiger charge is -2.26. The molecule has 0 amide bonds. The first-order valence-corrected chi connectivity index (χ1v) is 7.72. The van der Waals surface area contributed by atoms with Crippen molar-refractivity contribution in [2.75, 3.05) is 13.2 Å². The number of carboxylic acid groups (broad SMARTS) is 1. The van der Waals surface area contributed by atoms with Crippen LogP contribution in [0.15, 0.2) is 18.2 Å². The van der Waals surface area contributed by atoms with Crippen molar-refractivity contribution in [3.63, 3.8) is 0 Å². The number of rotatable bonds is 6. The van der Waals surface area contributed by atoms with Crippen molar-refractivity contribution in [2.45, 2.75) is 45.6 Å². The molecule has 4 heteroatoms. The Kier molecular flexibility index (Phi) is 5.62. The van der Waals surface area contributed by atoms with Gasteiger partial charge in [-0.15, -0.1) is 0 Å². The Morgan fingerprint density at radius 1 is 1.19 bits per heavy atom. The summed E-state index contributed by atoms with van der Waals surface area (Å²) in [5.41, 5.74) is 2.43. The zero-order valence-electron chi connectivity index (χ0n) is 12.9. The molecule has 0 bridgehead atoms. The van der Waals surface area contributed by atoms with E-state index in [0.717, 1.165) is 38.0 Å². The van der Waals surface area contributed by atoms with E-state index in [0.29, 0.717) is 12.6 Å². The van der Waals surface area contributed by atoms with Crippen LogP contribution in [0, 0.1) is 19.8 Å². The fourth-order valence-corrected chi connectivity index (χ4v) is 2.99. The van der Waals surface area contributed by atoms with Gasteiger partial charge in [-0.05, 0) is 62.8 Å². The molecule has 0 spiro atoms. The number of aryl methyl sites for hydroxylation is 2. The SMILES string of the molecule is Cc1cc(C)cc(OCCNC2CCC(C(=O)O)CC2)c1. The van der Waals surface area contributed by atoms with Crippen LogP contribution in [0.5, 0.6) is 5.75 Å². The number of hydrogen-bond acceptors (Lipinski definition) is 3. The van der Waals surface area contributed by atoms with Gasteiger partial charge < -0.3 is 15.2 Å². The van der Waals surface area contributed by atoms with Crippen molar-refractivity contribution < 1.29 is 14.6 Å². The maximum Gasteiger partial charge on any atom is 0.306 e. The molecule has 0 heterocycles. The summed E-state index contributed by atoms with van der Waals surface area (Å²) < 4.78 is 5.76. The largest absolute Gasteiger partial charge is 0.492 e. The second-order valence-electron chi connectivity index (χ2n) is 6.01. The van der Waals surface area contributed by atoms with Crippen LogP contribution in [0.1, 0.15) is 36.8 Å². The summed E-state index contributed by atoms with van der Waals surface area (Å²) in [5.74, 6) is 0.130. The van der Waals surface area contributed by atoms with Crippen LogP contribution in [0.4, 0.5) is 0 Å². The lowest BCUT2D eigenvalue weighted by Crippen LogP contribution is -2.37. The zero-order valence-corrected chi connectivity index (χ0v) is 12.9. The van der Waals surface area contributed by atoms with Gasteiger partial charge in [-0.25, -0.2) is 0 Å². The normalized spacial score (nSPS) is 22.0. The van der Waals surface area contributed by atoms with Crippen LogP contribution < -0.4 is 10.1 Å². The molecule has 0 radical (unpaired) electrons. The molecule has 2 rings (SSSR count). The van der Waals surface area contributed by atoms with Crippen molar-refractivity contribution in [1.82, 2.24) is 5.32 Å². The van der Waals surface area contributed by atoms with E-state index in [-0.39, 0.29) is 5.92 Å². The Balaban J connectivity index is 1.65. The van der Waals surface area contributed by atoms with Gasteiger partial charge in [0.25, 0.3) is 0 Å². The molecule has 21 heavy (non-hydrogen) atoms. The Morgan fingerprint density at radius 2 is 1.81 bits per heavy atom. The molecule has 4 nitrogen and oxygen atoms in total. The lowest BCUT2D eigenvalue weighted by atomic mass is 9.86.